The Morgan fingerprint density at radius 1 is 1.14 bits per heavy atom. The molecule has 0 radical (unpaired) electrons. The third-order valence-corrected chi connectivity index (χ3v) is 4.46. The predicted molar refractivity (Wildman–Crippen MR) is 97.2 cm³/mol. The minimum absolute atomic E-state index is 0.246. The van der Waals surface area contributed by atoms with E-state index in [4.69, 9.17) is 12.2 Å². The van der Waals surface area contributed by atoms with Crippen molar-refractivity contribution in [1.29, 1.82) is 0 Å². The molecule has 2 nitrogen and oxygen atoms in total. The van der Waals surface area contributed by atoms with E-state index >= 15 is 0 Å². The predicted octanol–water partition coefficient (Wildman–Crippen LogP) is 5.05. The van der Waals surface area contributed by atoms with Crippen LogP contribution in [0.5, 0.6) is 0 Å². The van der Waals surface area contributed by atoms with Gasteiger partial charge in [-0.1, -0.05) is 26.0 Å². The largest absolute Gasteiger partial charge is 0.355 e. The zero-order valence-electron chi connectivity index (χ0n) is 12.9. The van der Waals surface area contributed by atoms with Gasteiger partial charge in [-0.15, -0.1) is 11.3 Å². The van der Waals surface area contributed by atoms with Crippen LogP contribution in [-0.4, -0.2) is 5.11 Å². The number of thiocarbonyl (C=S) groups is 1. The number of anilines is 1. The van der Waals surface area contributed by atoms with Crippen molar-refractivity contribution in [3.63, 3.8) is 0 Å². The lowest BCUT2D eigenvalue weighted by Crippen LogP contribution is -2.34. The van der Waals surface area contributed by atoms with E-state index in [1.165, 1.54) is 16.0 Å². The minimum Gasteiger partial charge on any atom is -0.355 e. The first kappa shape index (κ1) is 16.0. The fraction of sp³-hybridized carbons (Fsp3) is 0.353. The van der Waals surface area contributed by atoms with Crippen molar-refractivity contribution in [3.05, 3.63) is 51.7 Å². The highest BCUT2D eigenvalue weighted by Crippen LogP contribution is 2.26. The first-order valence-corrected chi connectivity index (χ1v) is 8.43. The van der Waals surface area contributed by atoms with Gasteiger partial charge in [-0.2, -0.15) is 0 Å². The zero-order valence-corrected chi connectivity index (χ0v) is 14.6. The van der Waals surface area contributed by atoms with Crippen molar-refractivity contribution in [2.45, 2.75) is 33.7 Å². The Morgan fingerprint density at radius 3 is 2.33 bits per heavy atom. The molecule has 2 aromatic rings. The Morgan fingerprint density at radius 2 is 1.81 bits per heavy atom. The Bertz CT molecular complexity index is 583. The molecule has 0 fully saturated rings. The molecule has 112 valence electrons. The average Bonchev–Trinajstić information content (AvgIpc) is 2.87. The molecular weight excluding hydrogens is 296 g/mol. The molecule has 0 amide bonds. The molecule has 0 aliphatic carbocycles. The van der Waals surface area contributed by atoms with Gasteiger partial charge in [0.2, 0.25) is 0 Å². The second-order valence-electron chi connectivity index (χ2n) is 5.71. The summed E-state index contributed by atoms with van der Waals surface area (Å²) in [6, 6.07) is 10.9. The van der Waals surface area contributed by atoms with Crippen LogP contribution in [0, 0.1) is 19.8 Å². The van der Waals surface area contributed by atoms with Gasteiger partial charge in [0.05, 0.1) is 6.04 Å². The van der Waals surface area contributed by atoms with E-state index in [0.29, 0.717) is 11.0 Å². The number of aryl methyl sites for hydroxylation is 2. The molecule has 21 heavy (non-hydrogen) atoms. The molecule has 0 aliphatic rings. The van der Waals surface area contributed by atoms with Crippen LogP contribution in [-0.2, 0) is 0 Å². The molecule has 1 atom stereocenters. The summed E-state index contributed by atoms with van der Waals surface area (Å²) in [6.45, 7) is 8.60. The molecule has 0 unspecified atom stereocenters. The third kappa shape index (κ3) is 4.55. The summed E-state index contributed by atoms with van der Waals surface area (Å²) < 4.78 is 0. The maximum Gasteiger partial charge on any atom is 0.171 e. The van der Waals surface area contributed by atoms with Gasteiger partial charge in [-0.25, -0.2) is 0 Å². The van der Waals surface area contributed by atoms with Gasteiger partial charge in [-0.3, -0.25) is 0 Å². The number of nitrogens with one attached hydrogen (secondary N) is 2. The smallest absolute Gasteiger partial charge is 0.171 e. The number of hydrogen-bond donors (Lipinski definition) is 2. The maximum atomic E-state index is 5.47. The summed E-state index contributed by atoms with van der Waals surface area (Å²) >= 11 is 7.24. The topological polar surface area (TPSA) is 24.1 Å². The Hall–Kier alpha value is -1.39. The summed E-state index contributed by atoms with van der Waals surface area (Å²) in [5, 5.41) is 9.51. The summed E-state index contributed by atoms with van der Waals surface area (Å²) in [7, 11) is 0. The van der Waals surface area contributed by atoms with E-state index in [1.54, 1.807) is 11.3 Å². The molecule has 2 rings (SSSR count). The second kappa shape index (κ2) is 7.05. The normalized spacial score (nSPS) is 12.2. The second-order valence-corrected chi connectivity index (χ2v) is 7.10. The Labute approximate surface area is 136 Å². The van der Waals surface area contributed by atoms with Gasteiger partial charge < -0.3 is 10.6 Å². The number of rotatable bonds is 4. The third-order valence-electron chi connectivity index (χ3n) is 3.28. The van der Waals surface area contributed by atoms with Gasteiger partial charge in [0.15, 0.2) is 5.11 Å². The molecule has 2 N–H and O–H groups in total. The molecule has 0 saturated heterocycles. The van der Waals surface area contributed by atoms with E-state index in [0.717, 1.165) is 5.69 Å². The van der Waals surface area contributed by atoms with Crippen molar-refractivity contribution in [3.8, 4) is 0 Å². The van der Waals surface area contributed by atoms with E-state index in [1.807, 2.05) is 0 Å². The van der Waals surface area contributed by atoms with Crippen LogP contribution in [0.3, 0.4) is 0 Å². The van der Waals surface area contributed by atoms with Crippen molar-refractivity contribution in [2.24, 2.45) is 5.92 Å². The molecule has 1 aromatic carbocycles. The number of hydrogen-bond acceptors (Lipinski definition) is 2. The van der Waals surface area contributed by atoms with Gasteiger partial charge in [0, 0.05) is 10.6 Å². The van der Waals surface area contributed by atoms with E-state index < -0.39 is 0 Å². The lowest BCUT2D eigenvalue weighted by atomic mass is 10.0. The first-order valence-electron chi connectivity index (χ1n) is 7.15. The number of benzene rings is 1. The molecule has 0 aliphatic heterocycles. The van der Waals surface area contributed by atoms with Crippen LogP contribution in [0.1, 0.15) is 35.9 Å². The minimum atomic E-state index is 0.246. The van der Waals surface area contributed by atoms with E-state index in [9.17, 15) is 0 Å². The van der Waals surface area contributed by atoms with Crippen LogP contribution in [0.15, 0.2) is 35.7 Å². The van der Waals surface area contributed by atoms with Crippen molar-refractivity contribution >= 4 is 34.4 Å². The summed E-state index contributed by atoms with van der Waals surface area (Å²) in [5.74, 6) is 0.475. The maximum absolute atomic E-state index is 5.47. The molecule has 1 heterocycles. The number of thiophene rings is 1. The van der Waals surface area contributed by atoms with Crippen molar-refractivity contribution < 1.29 is 0 Å². The summed E-state index contributed by atoms with van der Waals surface area (Å²) in [4.78, 5) is 1.31. The van der Waals surface area contributed by atoms with Crippen LogP contribution in [0.25, 0.3) is 0 Å². The first-order chi connectivity index (χ1) is 9.95. The average molecular weight is 319 g/mol. The highest BCUT2D eigenvalue weighted by atomic mass is 32.1. The van der Waals surface area contributed by atoms with Gasteiger partial charge in [0.25, 0.3) is 0 Å². The molecule has 1 aromatic heterocycles. The van der Waals surface area contributed by atoms with Gasteiger partial charge >= 0.3 is 0 Å². The Balaban J connectivity index is 2.06. The zero-order chi connectivity index (χ0) is 15.4. The lowest BCUT2D eigenvalue weighted by Gasteiger charge is -2.23. The van der Waals surface area contributed by atoms with Crippen LogP contribution >= 0.6 is 23.6 Å². The molecular formula is C17H22N2S2. The lowest BCUT2D eigenvalue weighted by molar-refractivity contribution is 0.480. The van der Waals surface area contributed by atoms with E-state index in [2.05, 4.69) is 74.0 Å². The monoisotopic (exact) mass is 318 g/mol. The Kier molecular flexibility index (Phi) is 5.37. The van der Waals surface area contributed by atoms with Gasteiger partial charge in [-0.05, 0) is 66.7 Å². The summed E-state index contributed by atoms with van der Waals surface area (Å²) in [5.41, 5.74) is 3.51. The van der Waals surface area contributed by atoms with Crippen molar-refractivity contribution in [1.82, 2.24) is 5.32 Å². The van der Waals surface area contributed by atoms with Crippen LogP contribution < -0.4 is 10.6 Å². The van der Waals surface area contributed by atoms with Crippen molar-refractivity contribution in [2.75, 3.05) is 5.32 Å². The molecule has 0 spiro atoms. The molecule has 0 saturated carbocycles. The van der Waals surface area contributed by atoms with Gasteiger partial charge in [0.1, 0.15) is 0 Å². The SMILES string of the molecule is Cc1cc(C)cc(NC(=S)N[C@@H](c2cccs2)C(C)C)c1. The van der Waals surface area contributed by atoms with E-state index in [-0.39, 0.29) is 6.04 Å². The standard InChI is InChI=1S/C17H22N2S2/c1-11(2)16(15-6-5-7-21-15)19-17(20)18-14-9-12(3)8-13(4)10-14/h5-11,16H,1-4H3,(H2,18,19,20)/t16-/m1/s1. The van der Waals surface area contributed by atoms with Crippen LogP contribution in [0.2, 0.25) is 0 Å². The fourth-order valence-corrected chi connectivity index (χ4v) is 3.58. The van der Waals surface area contributed by atoms with Crippen LogP contribution in [0.4, 0.5) is 5.69 Å². The highest BCUT2D eigenvalue weighted by Gasteiger charge is 2.17. The summed E-state index contributed by atoms with van der Waals surface area (Å²) in [6.07, 6.45) is 0. The highest BCUT2D eigenvalue weighted by molar-refractivity contribution is 7.80. The quantitative estimate of drug-likeness (QED) is 0.772. The molecule has 0 bridgehead atoms. The molecule has 4 heteroatoms. The fourth-order valence-electron chi connectivity index (χ4n) is 2.39.